The van der Waals surface area contributed by atoms with Gasteiger partial charge in [-0.05, 0) is 30.7 Å². The van der Waals surface area contributed by atoms with E-state index in [1.807, 2.05) is 54.8 Å². The number of fused-ring (bicyclic) bond motifs is 1. The van der Waals surface area contributed by atoms with Gasteiger partial charge in [0.25, 0.3) is 0 Å². The highest BCUT2D eigenvalue weighted by atomic mass is 32.2. The number of benzene rings is 2. The number of nitrogens with one attached hydrogen (secondary N) is 1. The Labute approximate surface area is 174 Å². The SMILES string of the molecule is CCc1nc(NCc2ccccc2)nc(-n2c(C)cc3c(S(N)(=O)=O)cccc32)n1. The predicted octanol–water partition coefficient (Wildman–Crippen LogP) is 2.95. The number of rotatable bonds is 6. The van der Waals surface area contributed by atoms with Crippen molar-refractivity contribution in [3.8, 4) is 5.95 Å². The second kappa shape index (κ2) is 7.85. The van der Waals surface area contributed by atoms with Crippen LogP contribution in [0.15, 0.2) is 59.5 Å². The van der Waals surface area contributed by atoms with Crippen LogP contribution in [0.2, 0.25) is 0 Å². The van der Waals surface area contributed by atoms with Gasteiger partial charge in [-0.15, -0.1) is 0 Å². The minimum absolute atomic E-state index is 0.0778. The zero-order chi connectivity index (χ0) is 21.3. The molecule has 8 nitrogen and oxygen atoms in total. The Morgan fingerprint density at radius 3 is 2.50 bits per heavy atom. The average Bonchev–Trinajstić information content (AvgIpc) is 3.07. The molecule has 0 saturated heterocycles. The van der Waals surface area contributed by atoms with Crippen LogP contribution in [0.3, 0.4) is 0 Å². The minimum atomic E-state index is -3.85. The van der Waals surface area contributed by atoms with Crippen LogP contribution in [0.1, 0.15) is 24.0 Å². The van der Waals surface area contributed by atoms with E-state index in [0.29, 0.717) is 41.6 Å². The van der Waals surface area contributed by atoms with Crippen LogP contribution < -0.4 is 10.5 Å². The first-order chi connectivity index (χ1) is 14.4. The van der Waals surface area contributed by atoms with Crippen molar-refractivity contribution in [2.24, 2.45) is 5.14 Å². The fourth-order valence-electron chi connectivity index (χ4n) is 3.37. The van der Waals surface area contributed by atoms with Crippen LogP contribution in [0.5, 0.6) is 0 Å². The van der Waals surface area contributed by atoms with E-state index in [9.17, 15) is 8.42 Å². The molecule has 3 N–H and O–H groups in total. The largest absolute Gasteiger partial charge is 0.350 e. The molecule has 0 bridgehead atoms. The van der Waals surface area contributed by atoms with Crippen molar-refractivity contribution >= 4 is 26.9 Å². The number of nitrogens with two attached hydrogens (primary N) is 1. The fourth-order valence-corrected chi connectivity index (χ4v) is 4.11. The molecule has 0 unspecified atom stereocenters. The molecule has 4 rings (SSSR count). The summed E-state index contributed by atoms with van der Waals surface area (Å²) in [5.41, 5.74) is 2.57. The van der Waals surface area contributed by atoms with Crippen molar-refractivity contribution < 1.29 is 8.42 Å². The summed E-state index contributed by atoms with van der Waals surface area (Å²) in [7, 11) is -3.85. The van der Waals surface area contributed by atoms with Crippen LogP contribution in [-0.4, -0.2) is 27.9 Å². The van der Waals surface area contributed by atoms with E-state index in [1.54, 1.807) is 12.1 Å². The van der Waals surface area contributed by atoms with E-state index in [-0.39, 0.29) is 4.90 Å². The van der Waals surface area contributed by atoms with Crippen LogP contribution in [-0.2, 0) is 23.0 Å². The number of hydrogen-bond acceptors (Lipinski definition) is 6. The summed E-state index contributed by atoms with van der Waals surface area (Å²) in [6.07, 6.45) is 0.635. The van der Waals surface area contributed by atoms with Gasteiger partial charge in [-0.3, -0.25) is 4.57 Å². The first kappa shape index (κ1) is 20.0. The summed E-state index contributed by atoms with van der Waals surface area (Å²) in [4.78, 5) is 13.7. The van der Waals surface area contributed by atoms with Crippen molar-refractivity contribution in [3.05, 3.63) is 71.7 Å². The smallest absolute Gasteiger partial charge is 0.239 e. The standard InChI is InChI=1S/C21H22N6O2S/c1-3-19-24-20(23-13-15-8-5-4-6-9-15)26-21(25-19)27-14(2)12-16-17(27)10-7-11-18(16)30(22,28)29/h4-12H,3,13H2,1-2H3,(H2,22,28,29)(H,23,24,25,26). The molecule has 2 heterocycles. The molecule has 0 aliphatic heterocycles. The molecular weight excluding hydrogens is 400 g/mol. The number of aromatic nitrogens is 4. The Morgan fingerprint density at radius 1 is 1.03 bits per heavy atom. The van der Waals surface area contributed by atoms with Gasteiger partial charge in [0.15, 0.2) is 0 Å². The third-order valence-corrected chi connectivity index (χ3v) is 5.75. The molecule has 30 heavy (non-hydrogen) atoms. The molecule has 9 heteroatoms. The molecule has 0 atom stereocenters. The topological polar surface area (TPSA) is 116 Å². The lowest BCUT2D eigenvalue weighted by atomic mass is 10.2. The first-order valence-corrected chi connectivity index (χ1v) is 11.1. The monoisotopic (exact) mass is 422 g/mol. The van der Waals surface area contributed by atoms with Gasteiger partial charge in [-0.1, -0.05) is 43.3 Å². The number of sulfonamides is 1. The van der Waals surface area contributed by atoms with Crippen molar-refractivity contribution in [3.63, 3.8) is 0 Å². The molecule has 2 aromatic carbocycles. The molecule has 4 aromatic rings. The van der Waals surface area contributed by atoms with Crippen molar-refractivity contribution in [1.29, 1.82) is 0 Å². The minimum Gasteiger partial charge on any atom is -0.350 e. The maximum Gasteiger partial charge on any atom is 0.239 e. The zero-order valence-electron chi connectivity index (χ0n) is 16.7. The van der Waals surface area contributed by atoms with Crippen molar-refractivity contribution in [2.75, 3.05) is 5.32 Å². The maximum atomic E-state index is 12.0. The summed E-state index contributed by atoms with van der Waals surface area (Å²) < 4.78 is 25.8. The molecule has 0 radical (unpaired) electrons. The van der Waals surface area contributed by atoms with Gasteiger partial charge in [0.05, 0.1) is 10.4 Å². The lowest BCUT2D eigenvalue weighted by molar-refractivity contribution is 0.598. The average molecular weight is 423 g/mol. The second-order valence-electron chi connectivity index (χ2n) is 6.92. The molecule has 154 valence electrons. The summed E-state index contributed by atoms with van der Waals surface area (Å²) in [5.74, 6) is 1.53. The molecule has 0 saturated carbocycles. The van der Waals surface area contributed by atoms with E-state index in [0.717, 1.165) is 11.3 Å². The molecule has 0 amide bonds. The lowest BCUT2D eigenvalue weighted by Gasteiger charge is -2.11. The molecular formula is C21H22N6O2S. The molecule has 0 fully saturated rings. The molecule has 2 aromatic heterocycles. The quantitative estimate of drug-likeness (QED) is 0.494. The number of primary sulfonamides is 1. The van der Waals surface area contributed by atoms with Crippen LogP contribution in [0, 0.1) is 6.92 Å². The van der Waals surface area contributed by atoms with E-state index < -0.39 is 10.0 Å². The van der Waals surface area contributed by atoms with Gasteiger partial charge in [-0.25, -0.2) is 13.6 Å². The maximum absolute atomic E-state index is 12.0. The third kappa shape index (κ3) is 3.89. The van der Waals surface area contributed by atoms with Crippen LogP contribution >= 0.6 is 0 Å². The number of nitrogens with zero attached hydrogens (tertiary/aromatic N) is 4. The van der Waals surface area contributed by atoms with Gasteiger partial charge in [-0.2, -0.15) is 15.0 Å². The fraction of sp³-hybridized carbons (Fsp3) is 0.190. The molecule has 0 aliphatic carbocycles. The van der Waals surface area contributed by atoms with Gasteiger partial charge < -0.3 is 5.32 Å². The van der Waals surface area contributed by atoms with E-state index in [2.05, 4.69) is 20.3 Å². The van der Waals surface area contributed by atoms with E-state index in [4.69, 9.17) is 5.14 Å². The van der Waals surface area contributed by atoms with Crippen molar-refractivity contribution in [2.45, 2.75) is 31.7 Å². The lowest BCUT2D eigenvalue weighted by Crippen LogP contribution is -2.13. The van der Waals surface area contributed by atoms with E-state index >= 15 is 0 Å². The highest BCUT2D eigenvalue weighted by molar-refractivity contribution is 7.89. The normalized spacial score (nSPS) is 11.7. The molecule has 0 aliphatic rings. The highest BCUT2D eigenvalue weighted by Gasteiger charge is 2.19. The number of hydrogen-bond donors (Lipinski definition) is 2. The van der Waals surface area contributed by atoms with Crippen molar-refractivity contribution in [1.82, 2.24) is 19.5 Å². The Bertz CT molecular complexity index is 1320. The number of anilines is 1. The summed E-state index contributed by atoms with van der Waals surface area (Å²) in [6.45, 7) is 4.42. The number of aryl methyl sites for hydroxylation is 2. The Balaban J connectivity index is 1.80. The van der Waals surface area contributed by atoms with E-state index in [1.165, 1.54) is 6.07 Å². The molecule has 0 spiro atoms. The van der Waals surface area contributed by atoms with Gasteiger partial charge >= 0.3 is 0 Å². The van der Waals surface area contributed by atoms with Crippen LogP contribution in [0.25, 0.3) is 16.9 Å². The van der Waals surface area contributed by atoms with Gasteiger partial charge in [0.2, 0.25) is 21.9 Å². The third-order valence-electron chi connectivity index (χ3n) is 4.78. The van der Waals surface area contributed by atoms with Gasteiger partial charge in [0, 0.05) is 24.0 Å². The van der Waals surface area contributed by atoms with Gasteiger partial charge in [0.1, 0.15) is 5.82 Å². The highest BCUT2D eigenvalue weighted by Crippen LogP contribution is 2.28. The Hall–Kier alpha value is -3.30. The summed E-state index contributed by atoms with van der Waals surface area (Å²) >= 11 is 0. The Morgan fingerprint density at radius 2 is 1.80 bits per heavy atom. The first-order valence-electron chi connectivity index (χ1n) is 9.54. The summed E-state index contributed by atoms with van der Waals surface area (Å²) in [6, 6.07) is 16.7. The summed E-state index contributed by atoms with van der Waals surface area (Å²) in [5, 5.41) is 9.18. The Kier molecular flexibility index (Phi) is 5.23. The predicted molar refractivity (Wildman–Crippen MR) is 116 cm³/mol. The second-order valence-corrected chi connectivity index (χ2v) is 8.45. The van der Waals surface area contributed by atoms with Crippen LogP contribution in [0.4, 0.5) is 5.95 Å². The zero-order valence-corrected chi connectivity index (χ0v) is 17.5.